The number of likely N-dealkylation sites (tertiary alicyclic amines) is 1. The predicted octanol–water partition coefficient (Wildman–Crippen LogP) is 2.89. The van der Waals surface area contributed by atoms with Gasteiger partial charge in [-0.05, 0) is 73.2 Å². The zero-order valence-corrected chi connectivity index (χ0v) is 19.1. The van der Waals surface area contributed by atoms with E-state index in [4.69, 9.17) is 9.47 Å². The third kappa shape index (κ3) is 4.29. The molecule has 6 nitrogen and oxygen atoms in total. The minimum Gasteiger partial charge on any atom is -0.497 e. The molecule has 0 radical (unpaired) electrons. The highest BCUT2D eigenvalue weighted by atomic mass is 16.5. The number of fused-ring (bicyclic) bond motifs is 2. The molecule has 1 aromatic carbocycles. The largest absolute Gasteiger partial charge is 0.497 e. The van der Waals surface area contributed by atoms with E-state index in [0.29, 0.717) is 31.1 Å². The first-order valence-corrected chi connectivity index (χ1v) is 12.2. The number of methoxy groups -OCH3 is 1. The van der Waals surface area contributed by atoms with Crippen molar-refractivity contribution in [3.8, 4) is 5.75 Å². The molecule has 4 atom stereocenters. The molecule has 6 heteroatoms. The number of nitrogens with zero attached hydrogens (tertiary/aromatic N) is 3. The van der Waals surface area contributed by atoms with Gasteiger partial charge in [0, 0.05) is 38.8 Å². The molecule has 2 aliphatic carbocycles. The molecule has 2 amide bonds. The number of hydrogen-bond donors (Lipinski definition) is 0. The summed E-state index contributed by atoms with van der Waals surface area (Å²) in [5.41, 5.74) is 2.96. The normalized spacial score (nSPS) is 29.6. The predicted molar refractivity (Wildman–Crippen MR) is 121 cm³/mol. The maximum Gasteiger partial charge on any atom is 0.320 e. The summed E-state index contributed by atoms with van der Waals surface area (Å²) in [5.74, 6) is 3.16. The summed E-state index contributed by atoms with van der Waals surface area (Å²) >= 11 is 0. The van der Waals surface area contributed by atoms with Crippen LogP contribution in [0.3, 0.4) is 0 Å². The Morgan fingerprint density at radius 3 is 2.65 bits per heavy atom. The van der Waals surface area contributed by atoms with Crippen molar-refractivity contribution in [2.45, 2.75) is 38.6 Å². The zero-order chi connectivity index (χ0) is 21.4. The van der Waals surface area contributed by atoms with Crippen molar-refractivity contribution in [1.82, 2.24) is 14.7 Å². The van der Waals surface area contributed by atoms with Gasteiger partial charge < -0.3 is 19.3 Å². The van der Waals surface area contributed by atoms with Crippen LogP contribution in [0.1, 0.15) is 30.9 Å². The summed E-state index contributed by atoms with van der Waals surface area (Å²) < 4.78 is 10.9. The van der Waals surface area contributed by atoms with E-state index in [1.165, 1.54) is 43.5 Å². The van der Waals surface area contributed by atoms with Crippen molar-refractivity contribution in [3.05, 3.63) is 29.3 Å². The number of urea groups is 1. The molecule has 2 saturated heterocycles. The van der Waals surface area contributed by atoms with Crippen LogP contribution in [-0.2, 0) is 17.6 Å². The van der Waals surface area contributed by atoms with Crippen LogP contribution < -0.4 is 4.74 Å². The molecule has 0 aromatic heterocycles. The Balaban J connectivity index is 1.17. The van der Waals surface area contributed by atoms with Crippen molar-refractivity contribution < 1.29 is 14.3 Å². The first-order chi connectivity index (χ1) is 15.2. The summed E-state index contributed by atoms with van der Waals surface area (Å²) in [6.07, 6.45) is 4.76. The SMILES string of the molecule is CCCN(CC1[C@H]2CN(C(=O)N3CCOCC3)C[C@@H]12)C1CCc2ccc(OC)cc2C1. The number of rotatable bonds is 6. The Kier molecular flexibility index (Phi) is 6.11. The number of carbonyl (C=O) groups is 1. The van der Waals surface area contributed by atoms with Gasteiger partial charge >= 0.3 is 6.03 Å². The van der Waals surface area contributed by atoms with Gasteiger partial charge in [0.25, 0.3) is 0 Å². The lowest BCUT2D eigenvalue weighted by Gasteiger charge is -2.36. The van der Waals surface area contributed by atoms with Gasteiger partial charge in [-0.1, -0.05) is 13.0 Å². The quantitative estimate of drug-likeness (QED) is 0.700. The van der Waals surface area contributed by atoms with Crippen LogP contribution in [0.2, 0.25) is 0 Å². The van der Waals surface area contributed by atoms with Gasteiger partial charge in [0.15, 0.2) is 0 Å². The fraction of sp³-hybridized carbons (Fsp3) is 0.720. The third-order valence-electron chi connectivity index (χ3n) is 8.01. The van der Waals surface area contributed by atoms with Gasteiger partial charge in [-0.2, -0.15) is 0 Å². The second-order valence-corrected chi connectivity index (χ2v) is 9.80. The van der Waals surface area contributed by atoms with Crippen molar-refractivity contribution in [3.63, 3.8) is 0 Å². The number of aryl methyl sites for hydroxylation is 1. The molecule has 3 fully saturated rings. The van der Waals surface area contributed by atoms with Gasteiger partial charge in [0.1, 0.15) is 5.75 Å². The second-order valence-electron chi connectivity index (χ2n) is 9.80. The molecule has 1 saturated carbocycles. The molecule has 0 N–H and O–H groups in total. The maximum atomic E-state index is 12.8. The topological polar surface area (TPSA) is 45.2 Å². The fourth-order valence-corrected chi connectivity index (χ4v) is 6.16. The minimum absolute atomic E-state index is 0.234. The average Bonchev–Trinajstić information content (AvgIpc) is 3.25. The monoisotopic (exact) mass is 427 g/mol. The summed E-state index contributed by atoms with van der Waals surface area (Å²) in [7, 11) is 1.75. The second kappa shape index (κ2) is 8.99. The number of piperidine rings is 1. The Hall–Kier alpha value is -1.79. The maximum absolute atomic E-state index is 12.8. The Bertz CT molecular complexity index is 782. The van der Waals surface area contributed by atoms with E-state index in [0.717, 1.165) is 44.3 Å². The lowest BCUT2D eigenvalue weighted by Crippen LogP contribution is -2.48. The first kappa shape index (κ1) is 21.1. The van der Waals surface area contributed by atoms with Crippen LogP contribution in [0.15, 0.2) is 18.2 Å². The number of morpholine rings is 1. The first-order valence-electron chi connectivity index (χ1n) is 12.2. The number of hydrogen-bond acceptors (Lipinski definition) is 4. The van der Waals surface area contributed by atoms with Gasteiger partial charge in [0.2, 0.25) is 0 Å². The molecule has 0 spiro atoms. The molecule has 0 bridgehead atoms. The summed E-state index contributed by atoms with van der Waals surface area (Å²) in [5, 5.41) is 0. The van der Waals surface area contributed by atoms with Crippen LogP contribution in [0.4, 0.5) is 4.79 Å². The van der Waals surface area contributed by atoms with E-state index in [1.807, 2.05) is 4.90 Å². The van der Waals surface area contributed by atoms with Crippen LogP contribution in [-0.4, -0.2) is 86.4 Å². The van der Waals surface area contributed by atoms with Crippen molar-refractivity contribution in [2.24, 2.45) is 17.8 Å². The van der Waals surface area contributed by atoms with Crippen LogP contribution in [0, 0.1) is 17.8 Å². The van der Waals surface area contributed by atoms with E-state index in [2.05, 4.69) is 34.9 Å². The molecular weight excluding hydrogens is 390 g/mol. The lowest BCUT2D eigenvalue weighted by atomic mass is 9.87. The highest BCUT2D eigenvalue weighted by Gasteiger charge is 2.57. The van der Waals surface area contributed by atoms with Crippen molar-refractivity contribution >= 4 is 6.03 Å². The standard InChI is InChI=1S/C25H37N3O3/c1-3-8-27(20-6-4-18-5-7-21(30-2)14-19(18)13-20)15-22-23-16-28(17-24(22)23)25(29)26-9-11-31-12-10-26/h5,7,14,20,22-24H,3-4,6,8-13,15-17H2,1-2H3/t20?,22?,23-,24+. The summed E-state index contributed by atoms with van der Waals surface area (Å²) in [4.78, 5) is 19.6. The minimum atomic E-state index is 0.234. The number of ether oxygens (including phenoxy) is 2. The van der Waals surface area contributed by atoms with Crippen LogP contribution >= 0.6 is 0 Å². The van der Waals surface area contributed by atoms with E-state index in [1.54, 1.807) is 7.11 Å². The van der Waals surface area contributed by atoms with Gasteiger partial charge in [-0.3, -0.25) is 4.90 Å². The van der Waals surface area contributed by atoms with Crippen molar-refractivity contribution in [2.75, 3.05) is 59.6 Å². The van der Waals surface area contributed by atoms with Crippen molar-refractivity contribution in [1.29, 1.82) is 0 Å². The Morgan fingerprint density at radius 2 is 1.94 bits per heavy atom. The van der Waals surface area contributed by atoms with E-state index in [9.17, 15) is 4.79 Å². The van der Waals surface area contributed by atoms with Gasteiger partial charge in [-0.25, -0.2) is 4.79 Å². The van der Waals surface area contributed by atoms with E-state index < -0.39 is 0 Å². The van der Waals surface area contributed by atoms with Gasteiger partial charge in [0.05, 0.1) is 20.3 Å². The molecule has 2 aliphatic heterocycles. The molecule has 2 heterocycles. The summed E-state index contributed by atoms with van der Waals surface area (Å²) in [6, 6.07) is 7.45. The van der Waals surface area contributed by atoms with Crippen LogP contribution in [0.5, 0.6) is 5.75 Å². The number of benzene rings is 1. The summed E-state index contributed by atoms with van der Waals surface area (Å²) in [6.45, 7) is 9.42. The fourth-order valence-electron chi connectivity index (χ4n) is 6.16. The smallest absolute Gasteiger partial charge is 0.320 e. The third-order valence-corrected chi connectivity index (χ3v) is 8.01. The van der Waals surface area contributed by atoms with Crippen LogP contribution in [0.25, 0.3) is 0 Å². The highest BCUT2D eigenvalue weighted by molar-refractivity contribution is 5.75. The molecule has 2 unspecified atom stereocenters. The number of amides is 2. The number of carbonyl (C=O) groups excluding carboxylic acids is 1. The molecule has 170 valence electrons. The molecule has 31 heavy (non-hydrogen) atoms. The Morgan fingerprint density at radius 1 is 1.16 bits per heavy atom. The average molecular weight is 428 g/mol. The lowest BCUT2D eigenvalue weighted by molar-refractivity contribution is 0.0436. The zero-order valence-electron chi connectivity index (χ0n) is 19.1. The molecule has 5 rings (SSSR count). The van der Waals surface area contributed by atoms with E-state index in [-0.39, 0.29) is 6.03 Å². The Labute approximate surface area is 186 Å². The molecule has 4 aliphatic rings. The molecule has 1 aromatic rings. The van der Waals surface area contributed by atoms with Gasteiger partial charge in [-0.15, -0.1) is 0 Å². The molecular formula is C25H37N3O3. The van der Waals surface area contributed by atoms with E-state index >= 15 is 0 Å². The highest BCUT2D eigenvalue weighted by Crippen LogP contribution is 2.52.